The third kappa shape index (κ3) is 5.64. The smallest absolute Gasteiger partial charge is 0.227 e. The summed E-state index contributed by atoms with van der Waals surface area (Å²) in [4.78, 5) is 20.3. The van der Waals surface area contributed by atoms with E-state index in [1.165, 1.54) is 0 Å². The van der Waals surface area contributed by atoms with Crippen LogP contribution in [-0.4, -0.2) is 34.2 Å². The van der Waals surface area contributed by atoms with Gasteiger partial charge in [-0.15, -0.1) is 0 Å². The highest BCUT2D eigenvalue weighted by Crippen LogP contribution is 2.20. The summed E-state index contributed by atoms with van der Waals surface area (Å²) >= 11 is 0. The van der Waals surface area contributed by atoms with Crippen LogP contribution in [0.4, 0.5) is 0 Å². The zero-order valence-corrected chi connectivity index (χ0v) is 15.2. The van der Waals surface area contributed by atoms with Gasteiger partial charge in [0, 0.05) is 31.1 Å². The average Bonchev–Trinajstić information content (AvgIpc) is 3.16. The quantitative estimate of drug-likeness (QED) is 0.586. The van der Waals surface area contributed by atoms with E-state index in [4.69, 9.17) is 9.26 Å². The monoisotopic (exact) mass is 366 g/mol. The van der Waals surface area contributed by atoms with Crippen molar-refractivity contribution >= 4 is 5.91 Å². The van der Waals surface area contributed by atoms with Gasteiger partial charge in [-0.25, -0.2) is 0 Å². The predicted octanol–water partition coefficient (Wildman–Crippen LogP) is 2.96. The summed E-state index contributed by atoms with van der Waals surface area (Å²) in [5.74, 6) is 1.69. The number of rotatable bonds is 9. The maximum atomic E-state index is 11.9. The Balaban J connectivity index is 1.35. The Labute approximate surface area is 157 Å². The van der Waals surface area contributed by atoms with Crippen molar-refractivity contribution in [1.82, 2.24) is 20.4 Å². The molecular formula is C20H22N4O3. The first-order valence-corrected chi connectivity index (χ1v) is 8.90. The second-order valence-corrected chi connectivity index (χ2v) is 6.07. The molecule has 7 nitrogen and oxygen atoms in total. The highest BCUT2D eigenvalue weighted by molar-refractivity contribution is 5.76. The minimum atomic E-state index is -0.0491. The first-order valence-electron chi connectivity index (χ1n) is 8.90. The zero-order valence-electron chi connectivity index (χ0n) is 15.2. The second-order valence-electron chi connectivity index (χ2n) is 6.07. The molecule has 0 bridgehead atoms. The topological polar surface area (TPSA) is 90.1 Å². The minimum Gasteiger partial charge on any atom is -0.492 e. The Morgan fingerprint density at radius 3 is 2.93 bits per heavy atom. The average molecular weight is 366 g/mol. The van der Waals surface area contributed by atoms with Gasteiger partial charge in [0.05, 0.1) is 12.8 Å². The highest BCUT2D eigenvalue weighted by atomic mass is 16.5. The van der Waals surface area contributed by atoms with Crippen LogP contribution in [0, 0.1) is 6.92 Å². The number of carbonyl (C=O) groups excluding carboxylic acids is 1. The molecule has 7 heteroatoms. The Bertz CT molecular complexity index is 864. The van der Waals surface area contributed by atoms with Gasteiger partial charge < -0.3 is 14.6 Å². The third-order valence-corrected chi connectivity index (χ3v) is 3.97. The number of benzene rings is 1. The molecule has 0 aliphatic rings. The second kappa shape index (κ2) is 9.47. The van der Waals surface area contributed by atoms with E-state index in [-0.39, 0.29) is 5.91 Å². The van der Waals surface area contributed by atoms with Crippen molar-refractivity contribution in [3.05, 3.63) is 60.2 Å². The number of aryl methyl sites for hydroxylation is 2. The normalized spacial score (nSPS) is 10.6. The lowest BCUT2D eigenvalue weighted by molar-refractivity contribution is -0.121. The fourth-order valence-corrected chi connectivity index (χ4v) is 2.52. The van der Waals surface area contributed by atoms with Crippen molar-refractivity contribution in [3.63, 3.8) is 0 Å². The molecule has 1 amide bonds. The lowest BCUT2D eigenvalue weighted by atomic mass is 10.1. The number of nitrogens with zero attached hydrogens (tertiary/aromatic N) is 3. The molecule has 0 spiro atoms. The lowest BCUT2D eigenvalue weighted by Gasteiger charge is -2.06. The standard InChI is InChI=1S/C20H22N4O3/c1-15-6-2-3-8-17(15)20-23-19(27-24-20)10-9-18(25)22-12-5-13-26-16-7-4-11-21-14-16/h2-4,6-8,11,14H,5,9-10,12-13H2,1H3,(H,22,25). The SMILES string of the molecule is Cc1ccccc1-c1noc(CCC(=O)NCCCOc2cccnc2)n1. The van der Waals surface area contributed by atoms with Crippen molar-refractivity contribution in [3.8, 4) is 17.1 Å². The molecule has 3 aromatic rings. The van der Waals surface area contributed by atoms with Gasteiger partial charge in [0.2, 0.25) is 17.6 Å². The lowest BCUT2D eigenvalue weighted by Crippen LogP contribution is -2.25. The molecule has 2 heterocycles. The van der Waals surface area contributed by atoms with Crippen LogP contribution in [0.2, 0.25) is 0 Å². The van der Waals surface area contributed by atoms with Gasteiger partial charge in [-0.1, -0.05) is 29.4 Å². The number of carbonyl (C=O) groups is 1. The Morgan fingerprint density at radius 2 is 2.11 bits per heavy atom. The molecular weight excluding hydrogens is 344 g/mol. The van der Waals surface area contributed by atoms with E-state index in [9.17, 15) is 4.79 Å². The van der Waals surface area contributed by atoms with Crippen molar-refractivity contribution in [1.29, 1.82) is 0 Å². The summed E-state index contributed by atoms with van der Waals surface area (Å²) in [5.41, 5.74) is 2.02. The third-order valence-electron chi connectivity index (χ3n) is 3.97. The molecule has 0 aliphatic carbocycles. The van der Waals surface area contributed by atoms with E-state index in [1.54, 1.807) is 12.4 Å². The number of amides is 1. The van der Waals surface area contributed by atoms with Gasteiger partial charge >= 0.3 is 0 Å². The van der Waals surface area contributed by atoms with Gasteiger partial charge in [0.1, 0.15) is 5.75 Å². The zero-order chi connectivity index (χ0) is 18.9. The summed E-state index contributed by atoms with van der Waals surface area (Å²) in [5, 5.41) is 6.86. The van der Waals surface area contributed by atoms with Gasteiger partial charge in [0.15, 0.2) is 0 Å². The van der Waals surface area contributed by atoms with Crippen molar-refractivity contribution in [2.24, 2.45) is 0 Å². The Morgan fingerprint density at radius 1 is 1.22 bits per heavy atom. The van der Waals surface area contributed by atoms with Gasteiger partial charge in [-0.3, -0.25) is 9.78 Å². The molecule has 0 unspecified atom stereocenters. The molecule has 1 N–H and O–H groups in total. The molecule has 3 rings (SSSR count). The molecule has 0 saturated carbocycles. The molecule has 2 aromatic heterocycles. The van der Waals surface area contributed by atoms with Gasteiger partial charge in [-0.05, 0) is 31.0 Å². The Kier molecular flexibility index (Phi) is 6.51. The summed E-state index contributed by atoms with van der Waals surface area (Å²) in [6, 6.07) is 11.5. The molecule has 0 aliphatic heterocycles. The summed E-state index contributed by atoms with van der Waals surface area (Å²) in [6.45, 7) is 3.07. The summed E-state index contributed by atoms with van der Waals surface area (Å²) in [7, 11) is 0. The predicted molar refractivity (Wildman–Crippen MR) is 100 cm³/mol. The van der Waals surface area contributed by atoms with Crippen molar-refractivity contribution < 1.29 is 14.1 Å². The first kappa shape index (κ1) is 18.6. The van der Waals surface area contributed by atoms with E-state index in [2.05, 4.69) is 20.4 Å². The molecule has 140 valence electrons. The van der Waals surface area contributed by atoms with Crippen LogP contribution in [0.3, 0.4) is 0 Å². The van der Waals surface area contributed by atoms with Crippen LogP contribution in [0.25, 0.3) is 11.4 Å². The van der Waals surface area contributed by atoms with Crippen LogP contribution >= 0.6 is 0 Å². The summed E-state index contributed by atoms with van der Waals surface area (Å²) < 4.78 is 10.8. The largest absolute Gasteiger partial charge is 0.492 e. The van der Waals surface area contributed by atoms with Crippen LogP contribution in [-0.2, 0) is 11.2 Å². The van der Waals surface area contributed by atoms with Crippen LogP contribution in [0.5, 0.6) is 5.75 Å². The number of nitrogens with one attached hydrogen (secondary N) is 1. The summed E-state index contributed by atoms with van der Waals surface area (Å²) in [6.07, 6.45) is 4.79. The van der Waals surface area contributed by atoms with E-state index in [0.717, 1.165) is 23.3 Å². The van der Waals surface area contributed by atoms with E-state index >= 15 is 0 Å². The fourth-order valence-electron chi connectivity index (χ4n) is 2.52. The maximum absolute atomic E-state index is 11.9. The van der Waals surface area contributed by atoms with Crippen LogP contribution < -0.4 is 10.1 Å². The molecule has 0 radical (unpaired) electrons. The van der Waals surface area contributed by atoms with Crippen molar-refractivity contribution in [2.45, 2.75) is 26.2 Å². The number of aromatic nitrogens is 3. The van der Waals surface area contributed by atoms with Gasteiger partial charge in [0.25, 0.3) is 0 Å². The molecule has 0 fully saturated rings. The van der Waals surface area contributed by atoms with Crippen molar-refractivity contribution in [2.75, 3.05) is 13.2 Å². The number of hydrogen-bond donors (Lipinski definition) is 1. The molecule has 27 heavy (non-hydrogen) atoms. The molecule has 0 saturated heterocycles. The van der Waals surface area contributed by atoms with E-state index < -0.39 is 0 Å². The number of hydrogen-bond acceptors (Lipinski definition) is 6. The fraction of sp³-hybridized carbons (Fsp3) is 0.300. The number of ether oxygens (including phenoxy) is 1. The molecule has 0 atom stereocenters. The minimum absolute atomic E-state index is 0.0491. The van der Waals surface area contributed by atoms with Crippen LogP contribution in [0.15, 0.2) is 53.3 Å². The Hall–Kier alpha value is -3.22. The van der Waals surface area contributed by atoms with E-state index in [0.29, 0.717) is 37.7 Å². The van der Waals surface area contributed by atoms with Gasteiger partial charge in [-0.2, -0.15) is 4.98 Å². The first-order chi connectivity index (χ1) is 13.2. The molecule has 1 aromatic carbocycles. The maximum Gasteiger partial charge on any atom is 0.227 e. The van der Waals surface area contributed by atoms with Crippen LogP contribution in [0.1, 0.15) is 24.3 Å². The number of pyridine rings is 1. The highest BCUT2D eigenvalue weighted by Gasteiger charge is 2.11. The van der Waals surface area contributed by atoms with E-state index in [1.807, 2.05) is 43.3 Å².